The number of aromatic amines is 1. The van der Waals surface area contributed by atoms with Crippen molar-refractivity contribution in [2.75, 3.05) is 7.11 Å². The maximum atomic E-state index is 12.2. The number of carbonyl (C=O) groups excluding carboxylic acids is 1. The van der Waals surface area contributed by atoms with E-state index in [1.165, 1.54) is 0 Å². The maximum absolute atomic E-state index is 12.2. The van der Waals surface area contributed by atoms with Gasteiger partial charge in [-0.3, -0.25) is 14.6 Å². The standard InChI is InChI=1S/C14H21N5O2/c1-9(2)12-6-13(19(3)18-12)14(20)15-7-10-5-11(8-21-4)17-16-10/h5-6,9H,7-8H2,1-4H3,(H,15,20)(H,16,17). The zero-order valence-corrected chi connectivity index (χ0v) is 12.8. The minimum absolute atomic E-state index is 0.153. The molecule has 2 aromatic rings. The lowest BCUT2D eigenvalue weighted by Gasteiger charge is -2.03. The first-order chi connectivity index (χ1) is 10.0. The zero-order valence-electron chi connectivity index (χ0n) is 12.8. The molecule has 7 heteroatoms. The van der Waals surface area contributed by atoms with E-state index in [1.54, 1.807) is 18.8 Å². The van der Waals surface area contributed by atoms with Crippen LogP contribution in [0.3, 0.4) is 0 Å². The molecule has 2 rings (SSSR count). The highest BCUT2D eigenvalue weighted by Crippen LogP contribution is 2.13. The van der Waals surface area contributed by atoms with Gasteiger partial charge < -0.3 is 10.1 Å². The SMILES string of the molecule is COCc1cc(CNC(=O)c2cc(C(C)C)nn2C)[nH]n1. The summed E-state index contributed by atoms with van der Waals surface area (Å²) in [6, 6.07) is 3.69. The first-order valence-electron chi connectivity index (χ1n) is 6.85. The quantitative estimate of drug-likeness (QED) is 0.841. The van der Waals surface area contributed by atoms with Crippen molar-refractivity contribution in [2.24, 2.45) is 7.05 Å². The molecule has 2 heterocycles. The second-order valence-electron chi connectivity index (χ2n) is 5.23. The van der Waals surface area contributed by atoms with Crippen molar-refractivity contribution in [3.05, 3.63) is 34.9 Å². The number of H-pyrrole nitrogens is 1. The molecule has 0 atom stereocenters. The molecule has 7 nitrogen and oxygen atoms in total. The summed E-state index contributed by atoms with van der Waals surface area (Å²) >= 11 is 0. The van der Waals surface area contributed by atoms with E-state index in [1.807, 2.05) is 26.0 Å². The van der Waals surface area contributed by atoms with E-state index in [-0.39, 0.29) is 5.91 Å². The van der Waals surface area contributed by atoms with Gasteiger partial charge in [-0.1, -0.05) is 13.8 Å². The Labute approximate surface area is 123 Å². The Morgan fingerprint density at radius 1 is 1.48 bits per heavy atom. The molecule has 0 spiro atoms. The van der Waals surface area contributed by atoms with Crippen LogP contribution in [0, 0.1) is 0 Å². The number of nitrogens with one attached hydrogen (secondary N) is 2. The number of hydrogen-bond donors (Lipinski definition) is 2. The molecular weight excluding hydrogens is 270 g/mol. The van der Waals surface area contributed by atoms with Gasteiger partial charge in [0.25, 0.3) is 5.91 Å². The van der Waals surface area contributed by atoms with Crippen molar-refractivity contribution in [2.45, 2.75) is 32.9 Å². The van der Waals surface area contributed by atoms with Crippen molar-refractivity contribution in [1.29, 1.82) is 0 Å². The fraction of sp³-hybridized carbons (Fsp3) is 0.500. The molecule has 114 valence electrons. The van der Waals surface area contributed by atoms with Gasteiger partial charge in [0.1, 0.15) is 5.69 Å². The number of ether oxygens (including phenoxy) is 1. The number of hydrogen-bond acceptors (Lipinski definition) is 4. The van der Waals surface area contributed by atoms with Crippen molar-refractivity contribution in [3.8, 4) is 0 Å². The fourth-order valence-electron chi connectivity index (χ4n) is 1.97. The van der Waals surface area contributed by atoms with Crippen LogP contribution in [0.25, 0.3) is 0 Å². The van der Waals surface area contributed by atoms with Gasteiger partial charge in [-0.15, -0.1) is 0 Å². The molecule has 0 aliphatic heterocycles. The van der Waals surface area contributed by atoms with Crippen molar-refractivity contribution in [3.63, 3.8) is 0 Å². The summed E-state index contributed by atoms with van der Waals surface area (Å²) in [6.07, 6.45) is 0. The Kier molecular flexibility index (Phi) is 4.74. The van der Waals surface area contributed by atoms with Gasteiger partial charge in [-0.05, 0) is 18.1 Å². The van der Waals surface area contributed by atoms with Crippen molar-refractivity contribution >= 4 is 5.91 Å². The second-order valence-corrected chi connectivity index (χ2v) is 5.23. The first-order valence-corrected chi connectivity index (χ1v) is 6.85. The zero-order chi connectivity index (χ0) is 15.4. The maximum Gasteiger partial charge on any atom is 0.269 e. The average Bonchev–Trinajstić information content (AvgIpc) is 3.03. The van der Waals surface area contributed by atoms with Crippen LogP contribution in [-0.2, 0) is 24.9 Å². The van der Waals surface area contributed by atoms with Crippen molar-refractivity contribution < 1.29 is 9.53 Å². The molecule has 0 aliphatic carbocycles. The normalized spacial score (nSPS) is 11.1. The summed E-state index contributed by atoms with van der Waals surface area (Å²) < 4.78 is 6.60. The molecule has 1 amide bonds. The minimum atomic E-state index is -0.153. The minimum Gasteiger partial charge on any atom is -0.378 e. The van der Waals surface area contributed by atoms with Gasteiger partial charge in [0, 0.05) is 14.2 Å². The summed E-state index contributed by atoms with van der Waals surface area (Å²) in [4.78, 5) is 12.2. The number of methoxy groups -OCH3 is 1. The number of rotatable bonds is 6. The third kappa shape index (κ3) is 3.69. The summed E-state index contributed by atoms with van der Waals surface area (Å²) in [5.41, 5.74) is 3.10. The van der Waals surface area contributed by atoms with Gasteiger partial charge in [0.15, 0.2) is 0 Å². The Bertz CT molecular complexity index is 615. The summed E-state index contributed by atoms with van der Waals surface area (Å²) in [7, 11) is 3.39. The van der Waals surface area contributed by atoms with E-state index >= 15 is 0 Å². The highest BCUT2D eigenvalue weighted by atomic mass is 16.5. The van der Waals surface area contributed by atoms with Gasteiger partial charge in [0.05, 0.1) is 30.2 Å². The number of nitrogens with zero attached hydrogens (tertiary/aromatic N) is 3. The Morgan fingerprint density at radius 3 is 2.86 bits per heavy atom. The molecule has 0 fully saturated rings. The fourth-order valence-corrected chi connectivity index (χ4v) is 1.97. The third-order valence-corrected chi connectivity index (χ3v) is 3.14. The third-order valence-electron chi connectivity index (χ3n) is 3.14. The molecular formula is C14H21N5O2. The van der Waals surface area contributed by atoms with Gasteiger partial charge in [-0.25, -0.2) is 0 Å². The molecule has 2 N–H and O–H groups in total. The number of aromatic nitrogens is 4. The molecule has 21 heavy (non-hydrogen) atoms. The molecule has 0 radical (unpaired) electrons. The predicted octanol–water partition coefficient (Wildman–Crippen LogP) is 1.34. The van der Waals surface area contributed by atoms with Crippen LogP contribution in [-0.4, -0.2) is 33.0 Å². The van der Waals surface area contributed by atoms with Crippen molar-refractivity contribution in [1.82, 2.24) is 25.3 Å². The first kappa shape index (κ1) is 15.2. The number of aryl methyl sites for hydroxylation is 1. The average molecular weight is 291 g/mol. The van der Waals surface area contributed by atoms with E-state index in [4.69, 9.17) is 4.74 Å². The van der Waals surface area contributed by atoms with Gasteiger partial charge >= 0.3 is 0 Å². The van der Waals surface area contributed by atoms with E-state index < -0.39 is 0 Å². The Hall–Kier alpha value is -2.15. The Morgan fingerprint density at radius 2 is 2.24 bits per heavy atom. The lowest BCUT2D eigenvalue weighted by molar-refractivity contribution is 0.0941. The van der Waals surface area contributed by atoms with Crippen LogP contribution in [0.5, 0.6) is 0 Å². The molecule has 0 saturated heterocycles. The largest absolute Gasteiger partial charge is 0.378 e. The van der Waals surface area contributed by atoms with Crippen LogP contribution < -0.4 is 5.32 Å². The molecule has 0 aromatic carbocycles. The second kappa shape index (κ2) is 6.53. The van der Waals surface area contributed by atoms with Crippen LogP contribution in [0.4, 0.5) is 0 Å². The van der Waals surface area contributed by atoms with E-state index in [9.17, 15) is 4.79 Å². The highest BCUT2D eigenvalue weighted by molar-refractivity contribution is 5.92. The van der Waals surface area contributed by atoms with Crippen LogP contribution in [0.15, 0.2) is 12.1 Å². The number of carbonyl (C=O) groups is 1. The van der Waals surface area contributed by atoms with E-state index in [2.05, 4.69) is 20.6 Å². The summed E-state index contributed by atoms with van der Waals surface area (Å²) in [5, 5.41) is 14.1. The topological polar surface area (TPSA) is 84.8 Å². The molecule has 0 bridgehead atoms. The number of amides is 1. The highest BCUT2D eigenvalue weighted by Gasteiger charge is 2.15. The van der Waals surface area contributed by atoms with E-state index in [0.717, 1.165) is 17.1 Å². The summed E-state index contributed by atoms with van der Waals surface area (Å²) in [6.45, 7) is 4.93. The van der Waals surface area contributed by atoms with Gasteiger partial charge in [0.2, 0.25) is 0 Å². The van der Waals surface area contributed by atoms with Gasteiger partial charge in [-0.2, -0.15) is 10.2 Å². The molecule has 2 aromatic heterocycles. The van der Waals surface area contributed by atoms with Crippen LogP contribution in [0.1, 0.15) is 47.3 Å². The van der Waals surface area contributed by atoms with Crippen LogP contribution in [0.2, 0.25) is 0 Å². The Balaban J connectivity index is 1.97. The van der Waals surface area contributed by atoms with Crippen LogP contribution >= 0.6 is 0 Å². The predicted molar refractivity (Wildman–Crippen MR) is 77.8 cm³/mol. The van der Waals surface area contributed by atoms with E-state index in [0.29, 0.717) is 24.8 Å². The molecule has 0 saturated carbocycles. The molecule has 0 aliphatic rings. The molecule has 0 unspecified atom stereocenters. The lowest BCUT2D eigenvalue weighted by atomic mass is 10.1. The smallest absolute Gasteiger partial charge is 0.269 e. The lowest BCUT2D eigenvalue weighted by Crippen LogP contribution is -2.25. The summed E-state index contributed by atoms with van der Waals surface area (Å²) in [5.74, 6) is 0.141. The monoisotopic (exact) mass is 291 g/mol.